The van der Waals surface area contributed by atoms with E-state index in [4.69, 9.17) is 14.2 Å². The average molecular weight is 278 g/mol. The molecule has 1 saturated carbocycles. The fraction of sp³-hybridized carbons (Fsp3) is 0.647. The maximum Gasteiger partial charge on any atom is 0.160 e. The van der Waals surface area contributed by atoms with Crippen LogP contribution >= 0.6 is 0 Å². The molecule has 20 heavy (non-hydrogen) atoms. The summed E-state index contributed by atoms with van der Waals surface area (Å²) in [5.74, 6) is 1.59. The molecule has 1 aromatic rings. The largest absolute Gasteiger partial charge is 0.493 e. The Morgan fingerprint density at radius 1 is 1.00 bits per heavy atom. The van der Waals surface area contributed by atoms with Gasteiger partial charge in [-0.15, -0.1) is 0 Å². The molecule has 0 aliphatic heterocycles. The lowest BCUT2D eigenvalue weighted by Gasteiger charge is -2.21. The first-order chi connectivity index (χ1) is 9.83. The van der Waals surface area contributed by atoms with E-state index in [-0.39, 0.29) is 0 Å². The van der Waals surface area contributed by atoms with E-state index in [0.29, 0.717) is 6.10 Å². The molecule has 0 heterocycles. The third kappa shape index (κ3) is 4.41. The maximum atomic E-state index is 5.95. The number of aryl methyl sites for hydroxylation is 1. The Kier molecular flexibility index (Phi) is 6.19. The van der Waals surface area contributed by atoms with Crippen molar-refractivity contribution in [2.75, 3.05) is 20.8 Å². The number of benzene rings is 1. The summed E-state index contributed by atoms with van der Waals surface area (Å²) in [6.07, 6.45) is 9.13. The molecule has 1 aliphatic carbocycles. The number of methoxy groups -OCH3 is 2. The molecule has 0 spiro atoms. The van der Waals surface area contributed by atoms with Crippen molar-refractivity contribution >= 4 is 0 Å². The predicted molar refractivity (Wildman–Crippen MR) is 80.7 cm³/mol. The zero-order valence-corrected chi connectivity index (χ0v) is 12.7. The third-order valence-corrected chi connectivity index (χ3v) is 3.96. The minimum absolute atomic E-state index is 0.508. The first kappa shape index (κ1) is 15.2. The summed E-state index contributed by atoms with van der Waals surface area (Å²) in [5.41, 5.74) is 1.27. The smallest absolute Gasteiger partial charge is 0.160 e. The predicted octanol–water partition coefficient (Wildman–Crippen LogP) is 3.99. The molecule has 0 saturated heterocycles. The molecule has 0 unspecified atom stereocenters. The minimum Gasteiger partial charge on any atom is -0.493 e. The molecular weight excluding hydrogens is 252 g/mol. The van der Waals surface area contributed by atoms with Crippen LogP contribution in [0.3, 0.4) is 0 Å². The molecule has 1 fully saturated rings. The number of hydrogen-bond acceptors (Lipinski definition) is 3. The quantitative estimate of drug-likeness (QED) is 0.706. The van der Waals surface area contributed by atoms with E-state index in [9.17, 15) is 0 Å². The monoisotopic (exact) mass is 278 g/mol. The van der Waals surface area contributed by atoms with Crippen molar-refractivity contribution in [2.24, 2.45) is 0 Å². The lowest BCUT2D eigenvalue weighted by Crippen LogP contribution is -2.17. The number of hydrogen-bond donors (Lipinski definition) is 0. The molecule has 0 N–H and O–H groups in total. The van der Waals surface area contributed by atoms with Crippen LogP contribution in [-0.4, -0.2) is 26.9 Å². The topological polar surface area (TPSA) is 27.7 Å². The van der Waals surface area contributed by atoms with Gasteiger partial charge >= 0.3 is 0 Å². The first-order valence-corrected chi connectivity index (χ1v) is 7.66. The highest BCUT2D eigenvalue weighted by Gasteiger charge is 2.13. The fourth-order valence-corrected chi connectivity index (χ4v) is 2.79. The van der Waals surface area contributed by atoms with Crippen LogP contribution in [0, 0.1) is 0 Å². The van der Waals surface area contributed by atoms with Gasteiger partial charge in [0.15, 0.2) is 11.5 Å². The van der Waals surface area contributed by atoms with Crippen molar-refractivity contribution in [3.63, 3.8) is 0 Å². The summed E-state index contributed by atoms with van der Waals surface area (Å²) < 4.78 is 16.5. The zero-order chi connectivity index (χ0) is 14.2. The molecule has 1 aromatic carbocycles. The molecule has 3 heteroatoms. The van der Waals surface area contributed by atoms with Crippen molar-refractivity contribution in [1.82, 2.24) is 0 Å². The Balaban J connectivity index is 1.73. The third-order valence-electron chi connectivity index (χ3n) is 3.96. The van der Waals surface area contributed by atoms with Crippen LogP contribution in [0.25, 0.3) is 0 Å². The van der Waals surface area contributed by atoms with E-state index in [2.05, 4.69) is 12.1 Å². The first-order valence-electron chi connectivity index (χ1n) is 7.66. The lowest BCUT2D eigenvalue weighted by molar-refractivity contribution is 0.0273. The Morgan fingerprint density at radius 2 is 1.75 bits per heavy atom. The van der Waals surface area contributed by atoms with Crippen LogP contribution in [-0.2, 0) is 11.2 Å². The van der Waals surface area contributed by atoms with Crippen molar-refractivity contribution in [2.45, 2.75) is 51.0 Å². The second kappa shape index (κ2) is 8.15. The van der Waals surface area contributed by atoms with Gasteiger partial charge in [0.05, 0.1) is 20.3 Å². The molecule has 112 valence electrons. The average Bonchev–Trinajstić information content (AvgIpc) is 2.52. The normalized spacial score (nSPS) is 16.1. The molecule has 0 atom stereocenters. The summed E-state index contributed by atoms with van der Waals surface area (Å²) in [5, 5.41) is 0. The molecule has 3 nitrogen and oxygen atoms in total. The van der Waals surface area contributed by atoms with Crippen molar-refractivity contribution in [1.29, 1.82) is 0 Å². The molecule has 0 aromatic heterocycles. The van der Waals surface area contributed by atoms with E-state index < -0.39 is 0 Å². The van der Waals surface area contributed by atoms with Gasteiger partial charge in [-0.2, -0.15) is 0 Å². The molecule has 0 bridgehead atoms. The zero-order valence-electron chi connectivity index (χ0n) is 12.7. The molecular formula is C17H26O3. The van der Waals surface area contributed by atoms with Crippen molar-refractivity contribution < 1.29 is 14.2 Å². The van der Waals surface area contributed by atoms with Crippen LogP contribution in [0.4, 0.5) is 0 Å². The summed E-state index contributed by atoms with van der Waals surface area (Å²) in [6, 6.07) is 6.12. The highest BCUT2D eigenvalue weighted by atomic mass is 16.5. The van der Waals surface area contributed by atoms with E-state index in [1.54, 1.807) is 14.2 Å². The summed E-state index contributed by atoms with van der Waals surface area (Å²) in [7, 11) is 3.34. The van der Waals surface area contributed by atoms with Crippen LogP contribution in [0.15, 0.2) is 18.2 Å². The Hall–Kier alpha value is -1.22. The highest BCUT2D eigenvalue weighted by molar-refractivity contribution is 5.42. The molecule has 0 radical (unpaired) electrons. The van der Waals surface area contributed by atoms with Gasteiger partial charge in [0.1, 0.15) is 0 Å². The van der Waals surface area contributed by atoms with E-state index in [1.807, 2.05) is 6.07 Å². The fourth-order valence-electron chi connectivity index (χ4n) is 2.79. The van der Waals surface area contributed by atoms with Crippen LogP contribution in [0.1, 0.15) is 44.1 Å². The van der Waals surface area contributed by atoms with Crippen molar-refractivity contribution in [3.8, 4) is 11.5 Å². The van der Waals surface area contributed by atoms with Gasteiger partial charge in [-0.3, -0.25) is 0 Å². The maximum absolute atomic E-state index is 5.95. The number of ether oxygens (including phenoxy) is 3. The molecule has 1 aliphatic rings. The Labute approximate surface area is 122 Å². The van der Waals surface area contributed by atoms with Crippen LogP contribution < -0.4 is 9.47 Å². The Bertz CT molecular complexity index is 397. The van der Waals surface area contributed by atoms with Crippen molar-refractivity contribution in [3.05, 3.63) is 23.8 Å². The highest BCUT2D eigenvalue weighted by Crippen LogP contribution is 2.28. The van der Waals surface area contributed by atoms with Gasteiger partial charge in [-0.05, 0) is 43.4 Å². The van der Waals surface area contributed by atoms with E-state index in [0.717, 1.165) is 30.9 Å². The van der Waals surface area contributed by atoms with Gasteiger partial charge < -0.3 is 14.2 Å². The van der Waals surface area contributed by atoms with Crippen LogP contribution in [0.2, 0.25) is 0 Å². The SMILES string of the molecule is COc1ccc(CCCOC2CCCCC2)cc1OC. The van der Waals surface area contributed by atoms with E-state index >= 15 is 0 Å². The van der Waals surface area contributed by atoms with E-state index in [1.165, 1.54) is 37.7 Å². The standard InChI is InChI=1S/C17H26O3/c1-18-16-11-10-14(13-17(16)19-2)7-6-12-20-15-8-4-3-5-9-15/h10-11,13,15H,3-9,12H2,1-2H3. The second-order valence-corrected chi connectivity index (χ2v) is 5.42. The second-order valence-electron chi connectivity index (χ2n) is 5.42. The van der Waals surface area contributed by atoms with Gasteiger partial charge in [0.25, 0.3) is 0 Å². The lowest BCUT2D eigenvalue weighted by atomic mass is 9.98. The summed E-state index contributed by atoms with van der Waals surface area (Å²) in [4.78, 5) is 0. The van der Waals surface area contributed by atoms with Gasteiger partial charge in [0.2, 0.25) is 0 Å². The summed E-state index contributed by atoms with van der Waals surface area (Å²) >= 11 is 0. The van der Waals surface area contributed by atoms with Gasteiger partial charge in [-0.1, -0.05) is 25.3 Å². The number of rotatable bonds is 7. The van der Waals surface area contributed by atoms with Crippen LogP contribution in [0.5, 0.6) is 11.5 Å². The molecule has 0 amide bonds. The summed E-state index contributed by atoms with van der Waals surface area (Å²) in [6.45, 7) is 0.860. The Morgan fingerprint density at radius 3 is 2.45 bits per heavy atom. The van der Waals surface area contributed by atoms with Gasteiger partial charge in [0, 0.05) is 6.61 Å². The van der Waals surface area contributed by atoms with Gasteiger partial charge in [-0.25, -0.2) is 0 Å². The minimum atomic E-state index is 0.508. The molecule has 2 rings (SSSR count).